The number of rotatable bonds is 4. The van der Waals surface area contributed by atoms with Gasteiger partial charge in [0.2, 0.25) is 0 Å². The average Bonchev–Trinajstić information content (AvgIpc) is 2.76. The monoisotopic (exact) mass is 252 g/mol. The Hall–Kier alpha value is -1.03. The number of aromatic nitrogens is 1. The minimum absolute atomic E-state index is 0.220. The van der Waals surface area contributed by atoms with Crippen LogP contribution in [0.15, 0.2) is 10.7 Å². The maximum absolute atomic E-state index is 5.95. The van der Waals surface area contributed by atoms with Crippen molar-refractivity contribution in [2.24, 2.45) is 23.5 Å². The summed E-state index contributed by atoms with van der Waals surface area (Å²) in [5.41, 5.74) is 6.26. The first-order chi connectivity index (χ1) is 8.60. The molecule has 0 spiro atoms. The largest absolute Gasteiger partial charge is 0.447 e. The van der Waals surface area contributed by atoms with Crippen molar-refractivity contribution in [3.05, 3.63) is 12.0 Å². The summed E-state index contributed by atoms with van der Waals surface area (Å²) in [6, 6.07) is 0. The molecule has 1 aliphatic rings. The van der Waals surface area contributed by atoms with E-state index >= 15 is 0 Å². The Balaban J connectivity index is 2.03. The summed E-state index contributed by atoms with van der Waals surface area (Å²) in [6.07, 6.45) is 5.78. The number of ether oxygens (including phenoxy) is 1. The molecule has 18 heavy (non-hydrogen) atoms. The molecule has 0 radical (unpaired) electrons. The minimum atomic E-state index is 0.220. The molecule has 1 aromatic heterocycles. The van der Waals surface area contributed by atoms with Gasteiger partial charge in [0, 0.05) is 6.54 Å². The molecular weight excluding hydrogens is 228 g/mol. The molecule has 102 valence electrons. The molecule has 2 rings (SSSR count). The molecule has 0 amide bonds. The smallest absolute Gasteiger partial charge is 0.394 e. The van der Waals surface area contributed by atoms with E-state index in [0.29, 0.717) is 30.4 Å². The first-order valence-electron chi connectivity index (χ1n) is 6.91. The summed E-state index contributed by atoms with van der Waals surface area (Å²) in [5, 5.41) is 0. The molecule has 0 aliphatic heterocycles. The van der Waals surface area contributed by atoms with Crippen LogP contribution in [0.1, 0.15) is 45.7 Å². The van der Waals surface area contributed by atoms with E-state index in [1.165, 1.54) is 12.8 Å². The Morgan fingerprint density at radius 1 is 1.50 bits per heavy atom. The molecule has 3 atom stereocenters. The quantitative estimate of drug-likeness (QED) is 0.895. The normalized spacial score (nSPS) is 28.6. The predicted octanol–water partition coefficient (Wildman–Crippen LogP) is 2.97. The summed E-state index contributed by atoms with van der Waals surface area (Å²) in [7, 11) is 0. The zero-order valence-electron chi connectivity index (χ0n) is 11.6. The number of nitrogens with two attached hydrogens (primary N) is 1. The highest BCUT2D eigenvalue weighted by molar-refractivity contribution is 5.00. The molecule has 0 saturated heterocycles. The van der Waals surface area contributed by atoms with Crippen LogP contribution in [0.5, 0.6) is 6.08 Å². The van der Waals surface area contributed by atoms with Crippen molar-refractivity contribution in [2.45, 2.75) is 52.7 Å². The molecule has 1 aromatic rings. The Morgan fingerprint density at radius 2 is 2.28 bits per heavy atom. The molecular formula is C14H24N2O2. The number of oxazole rings is 1. The first-order valence-corrected chi connectivity index (χ1v) is 6.91. The molecule has 0 bridgehead atoms. The summed E-state index contributed by atoms with van der Waals surface area (Å²) in [4.78, 5) is 4.23. The molecule has 1 fully saturated rings. The fraction of sp³-hybridized carbons (Fsp3) is 0.786. The van der Waals surface area contributed by atoms with Gasteiger partial charge in [-0.05, 0) is 30.6 Å². The van der Waals surface area contributed by atoms with Crippen LogP contribution in [0.3, 0.4) is 0 Å². The Labute approximate surface area is 109 Å². The van der Waals surface area contributed by atoms with E-state index in [9.17, 15) is 0 Å². The van der Waals surface area contributed by atoms with Gasteiger partial charge < -0.3 is 14.9 Å². The zero-order valence-corrected chi connectivity index (χ0v) is 11.6. The fourth-order valence-corrected chi connectivity index (χ4v) is 2.82. The molecule has 2 N–H and O–H groups in total. The zero-order chi connectivity index (χ0) is 13.1. The van der Waals surface area contributed by atoms with Gasteiger partial charge in [-0.3, -0.25) is 0 Å². The van der Waals surface area contributed by atoms with Crippen molar-refractivity contribution in [2.75, 3.05) is 0 Å². The van der Waals surface area contributed by atoms with Crippen LogP contribution in [0.25, 0.3) is 0 Å². The van der Waals surface area contributed by atoms with Crippen LogP contribution in [0.2, 0.25) is 0 Å². The van der Waals surface area contributed by atoms with Gasteiger partial charge in [0.25, 0.3) is 0 Å². The molecule has 3 unspecified atom stereocenters. The predicted molar refractivity (Wildman–Crippen MR) is 70.2 cm³/mol. The van der Waals surface area contributed by atoms with Gasteiger partial charge in [-0.15, -0.1) is 0 Å². The second kappa shape index (κ2) is 5.74. The highest BCUT2D eigenvalue weighted by Gasteiger charge is 2.33. The van der Waals surface area contributed by atoms with Gasteiger partial charge >= 0.3 is 6.08 Å². The van der Waals surface area contributed by atoms with Crippen LogP contribution in [0.4, 0.5) is 0 Å². The molecule has 4 nitrogen and oxygen atoms in total. The summed E-state index contributed by atoms with van der Waals surface area (Å²) in [5.74, 6) is 1.94. The highest BCUT2D eigenvalue weighted by atomic mass is 16.6. The lowest BCUT2D eigenvalue weighted by molar-refractivity contribution is 0.0245. The van der Waals surface area contributed by atoms with Gasteiger partial charge in [0.15, 0.2) is 0 Å². The second-order valence-corrected chi connectivity index (χ2v) is 5.79. The van der Waals surface area contributed by atoms with Gasteiger partial charge in [0.1, 0.15) is 12.4 Å². The van der Waals surface area contributed by atoms with Crippen molar-refractivity contribution in [3.8, 4) is 6.08 Å². The highest BCUT2D eigenvalue weighted by Crippen LogP contribution is 2.35. The van der Waals surface area contributed by atoms with Crippen LogP contribution >= 0.6 is 0 Å². The number of nitrogens with zero attached hydrogens (tertiary/aromatic N) is 1. The van der Waals surface area contributed by atoms with Crippen molar-refractivity contribution < 1.29 is 9.15 Å². The third kappa shape index (κ3) is 3.05. The van der Waals surface area contributed by atoms with Gasteiger partial charge in [-0.1, -0.05) is 27.2 Å². The van der Waals surface area contributed by atoms with E-state index in [0.717, 1.165) is 12.1 Å². The lowest BCUT2D eigenvalue weighted by Crippen LogP contribution is -2.36. The SMILES string of the molecule is CC1CCC(C(C)C)C(Oc2nc(CN)co2)C1. The van der Waals surface area contributed by atoms with Crippen LogP contribution in [0, 0.1) is 17.8 Å². The molecule has 1 heterocycles. The lowest BCUT2D eigenvalue weighted by atomic mass is 9.75. The average molecular weight is 252 g/mol. The third-order valence-corrected chi connectivity index (χ3v) is 3.95. The lowest BCUT2D eigenvalue weighted by Gasteiger charge is -2.36. The van der Waals surface area contributed by atoms with Gasteiger partial charge in [0.05, 0.1) is 5.69 Å². The minimum Gasteiger partial charge on any atom is -0.447 e. The van der Waals surface area contributed by atoms with E-state index in [-0.39, 0.29) is 6.10 Å². The van der Waals surface area contributed by atoms with E-state index < -0.39 is 0 Å². The van der Waals surface area contributed by atoms with Crippen LogP contribution < -0.4 is 10.5 Å². The fourth-order valence-electron chi connectivity index (χ4n) is 2.82. The maximum atomic E-state index is 5.95. The van der Waals surface area contributed by atoms with Crippen molar-refractivity contribution in [1.82, 2.24) is 4.98 Å². The topological polar surface area (TPSA) is 61.3 Å². The van der Waals surface area contributed by atoms with Crippen molar-refractivity contribution in [3.63, 3.8) is 0 Å². The number of hydrogen-bond acceptors (Lipinski definition) is 4. The standard InChI is InChI=1S/C14H24N2O2/c1-9(2)12-5-4-10(3)6-13(12)18-14-16-11(7-15)8-17-14/h8-10,12-13H,4-7,15H2,1-3H3. The molecule has 4 heteroatoms. The van der Waals surface area contributed by atoms with E-state index in [1.54, 1.807) is 6.26 Å². The Morgan fingerprint density at radius 3 is 2.89 bits per heavy atom. The Kier molecular flexibility index (Phi) is 4.27. The van der Waals surface area contributed by atoms with Crippen LogP contribution in [-0.4, -0.2) is 11.1 Å². The third-order valence-electron chi connectivity index (χ3n) is 3.95. The van der Waals surface area contributed by atoms with E-state index in [1.807, 2.05) is 0 Å². The maximum Gasteiger partial charge on any atom is 0.394 e. The summed E-state index contributed by atoms with van der Waals surface area (Å²) >= 11 is 0. The van der Waals surface area contributed by atoms with Gasteiger partial charge in [-0.2, -0.15) is 4.98 Å². The second-order valence-electron chi connectivity index (χ2n) is 5.79. The van der Waals surface area contributed by atoms with E-state index in [4.69, 9.17) is 14.9 Å². The van der Waals surface area contributed by atoms with Crippen molar-refractivity contribution in [1.29, 1.82) is 0 Å². The van der Waals surface area contributed by atoms with Crippen molar-refractivity contribution >= 4 is 0 Å². The number of hydrogen-bond donors (Lipinski definition) is 1. The molecule has 1 aliphatic carbocycles. The molecule has 1 saturated carbocycles. The van der Waals surface area contributed by atoms with Crippen LogP contribution in [-0.2, 0) is 6.54 Å². The summed E-state index contributed by atoms with van der Waals surface area (Å²) < 4.78 is 11.3. The van der Waals surface area contributed by atoms with Gasteiger partial charge in [-0.25, -0.2) is 0 Å². The summed E-state index contributed by atoms with van der Waals surface area (Å²) in [6.45, 7) is 7.20. The molecule has 0 aromatic carbocycles. The Bertz CT molecular complexity index is 376. The first kappa shape index (κ1) is 13.4. The van der Waals surface area contributed by atoms with E-state index in [2.05, 4.69) is 25.8 Å².